The zero-order valence-electron chi connectivity index (χ0n) is 25.2. The molecule has 1 aromatic carbocycles. The summed E-state index contributed by atoms with van der Waals surface area (Å²) in [5.74, 6) is -0.991. The SMILES string of the molecule is CC(C)(C)OC(=O)N1CC(Oc2ccc(C(F)(F)F)cc2C(=O)/N=c2/sc(C(C)(C)C)cn2CC2CN(S(C)(=O)=O)C2)C1. The summed E-state index contributed by atoms with van der Waals surface area (Å²) >= 11 is 1.25. The molecular weight excluding hydrogens is 609 g/mol. The maximum Gasteiger partial charge on any atom is 0.416 e. The second kappa shape index (κ2) is 11.5. The molecule has 2 amide bonds. The third kappa shape index (κ3) is 8.18. The summed E-state index contributed by atoms with van der Waals surface area (Å²) in [6.45, 7) is 12.5. The normalized spacial score (nSPS) is 17.9. The molecule has 0 aliphatic carbocycles. The summed E-state index contributed by atoms with van der Waals surface area (Å²) in [5, 5.41) is 0. The smallest absolute Gasteiger partial charge is 0.416 e. The van der Waals surface area contributed by atoms with Gasteiger partial charge >= 0.3 is 12.3 Å². The number of hydrogen-bond acceptors (Lipinski definition) is 7. The number of benzene rings is 1. The van der Waals surface area contributed by atoms with Gasteiger partial charge in [-0.15, -0.1) is 11.3 Å². The van der Waals surface area contributed by atoms with Gasteiger partial charge in [-0.05, 0) is 44.4 Å². The third-order valence-corrected chi connectivity index (χ3v) is 9.52. The van der Waals surface area contributed by atoms with E-state index in [9.17, 15) is 31.2 Å². The van der Waals surface area contributed by atoms with Gasteiger partial charge < -0.3 is 18.9 Å². The highest BCUT2D eigenvalue weighted by Crippen LogP contribution is 2.34. The van der Waals surface area contributed by atoms with E-state index < -0.39 is 45.5 Å². The van der Waals surface area contributed by atoms with Crippen LogP contribution in [0.25, 0.3) is 0 Å². The standard InChI is InChI=1S/C28H37F3N4O6S2/c1-26(2,3)22-16-33(11-17-12-35(13-17)43(7,38)39)24(42-22)32-23(36)20-10-18(28(29,30)31)8-9-21(20)40-19-14-34(15-19)25(37)41-27(4,5)6/h8-10,16-17,19H,11-15H2,1-7H3/b32-24+. The van der Waals surface area contributed by atoms with E-state index >= 15 is 0 Å². The summed E-state index contributed by atoms with van der Waals surface area (Å²) in [6, 6.07) is 2.66. The molecule has 238 valence electrons. The second-order valence-electron chi connectivity index (χ2n) is 13.0. The van der Waals surface area contributed by atoms with E-state index in [1.54, 1.807) is 25.3 Å². The van der Waals surface area contributed by atoms with Crippen LogP contribution in [0.5, 0.6) is 5.75 Å². The molecule has 15 heteroatoms. The van der Waals surface area contributed by atoms with Crippen molar-refractivity contribution in [3.8, 4) is 5.75 Å². The second-order valence-corrected chi connectivity index (χ2v) is 16.0. The predicted molar refractivity (Wildman–Crippen MR) is 154 cm³/mol. The largest absolute Gasteiger partial charge is 0.486 e. The average molecular weight is 647 g/mol. The highest BCUT2D eigenvalue weighted by Gasteiger charge is 2.37. The highest BCUT2D eigenvalue weighted by molar-refractivity contribution is 7.88. The minimum absolute atomic E-state index is 0.00909. The molecule has 2 fully saturated rings. The first-order valence-electron chi connectivity index (χ1n) is 13.7. The van der Waals surface area contributed by atoms with Crippen LogP contribution in [-0.4, -0.2) is 78.3 Å². The Bertz CT molecular complexity index is 1560. The van der Waals surface area contributed by atoms with Gasteiger partial charge in [-0.3, -0.25) is 4.79 Å². The van der Waals surface area contributed by atoms with Crippen LogP contribution in [0.3, 0.4) is 0 Å². The molecule has 0 bridgehead atoms. The number of carbonyl (C=O) groups is 2. The number of ether oxygens (including phenoxy) is 2. The van der Waals surface area contributed by atoms with Crippen molar-refractivity contribution in [2.45, 2.75) is 71.4 Å². The van der Waals surface area contributed by atoms with Crippen LogP contribution in [-0.2, 0) is 32.9 Å². The Balaban J connectivity index is 1.61. The molecule has 4 rings (SSSR count). The number of sulfonamides is 1. The number of rotatable bonds is 6. The molecule has 2 aliphatic heterocycles. The highest BCUT2D eigenvalue weighted by atomic mass is 32.2. The Hall–Kier alpha value is -2.91. The summed E-state index contributed by atoms with van der Waals surface area (Å²) in [5.41, 5.74) is -2.35. The van der Waals surface area contributed by atoms with E-state index in [-0.39, 0.29) is 40.5 Å². The molecule has 1 aromatic heterocycles. The fourth-order valence-electron chi connectivity index (χ4n) is 4.42. The van der Waals surface area contributed by atoms with E-state index in [1.807, 2.05) is 27.0 Å². The van der Waals surface area contributed by atoms with Gasteiger partial charge in [-0.1, -0.05) is 20.8 Å². The number of amides is 2. The Morgan fingerprint density at radius 3 is 2.21 bits per heavy atom. The molecule has 3 heterocycles. The number of aromatic nitrogens is 1. The van der Waals surface area contributed by atoms with Gasteiger partial charge in [0.2, 0.25) is 10.0 Å². The Kier molecular flexibility index (Phi) is 8.86. The number of thiazole rings is 1. The van der Waals surface area contributed by atoms with E-state index in [1.165, 1.54) is 20.5 Å². The first-order valence-corrected chi connectivity index (χ1v) is 16.4. The minimum atomic E-state index is -4.70. The van der Waals surface area contributed by atoms with Crippen molar-refractivity contribution in [3.63, 3.8) is 0 Å². The summed E-state index contributed by atoms with van der Waals surface area (Å²) < 4.78 is 78.8. The summed E-state index contributed by atoms with van der Waals surface area (Å²) in [7, 11) is -3.30. The number of carbonyl (C=O) groups excluding carboxylic acids is 2. The number of likely N-dealkylation sites (tertiary alicyclic amines) is 1. The summed E-state index contributed by atoms with van der Waals surface area (Å²) in [4.78, 5) is 32.6. The van der Waals surface area contributed by atoms with Gasteiger partial charge in [-0.2, -0.15) is 18.2 Å². The number of alkyl halides is 3. The van der Waals surface area contributed by atoms with Gasteiger partial charge in [0.25, 0.3) is 5.91 Å². The Morgan fingerprint density at radius 1 is 1.05 bits per heavy atom. The molecule has 0 saturated carbocycles. The molecule has 2 aliphatic rings. The number of hydrogen-bond donors (Lipinski definition) is 0. The number of halogens is 3. The molecule has 0 atom stereocenters. The Labute approximate surface area is 253 Å². The molecule has 10 nitrogen and oxygen atoms in total. The van der Waals surface area contributed by atoms with Crippen LogP contribution >= 0.6 is 11.3 Å². The molecule has 0 radical (unpaired) electrons. The maximum absolute atomic E-state index is 13.6. The summed E-state index contributed by atoms with van der Waals surface area (Å²) in [6.07, 6.45) is -2.79. The molecule has 0 unspecified atom stereocenters. The minimum Gasteiger partial charge on any atom is -0.486 e. The average Bonchev–Trinajstić information content (AvgIpc) is 3.18. The van der Waals surface area contributed by atoms with Crippen LogP contribution in [0.1, 0.15) is 62.3 Å². The van der Waals surface area contributed by atoms with Crippen LogP contribution in [0.4, 0.5) is 18.0 Å². The van der Waals surface area contributed by atoms with E-state index in [4.69, 9.17) is 9.47 Å². The lowest BCUT2D eigenvalue weighted by Crippen LogP contribution is -2.57. The van der Waals surface area contributed by atoms with Crippen molar-refractivity contribution >= 4 is 33.4 Å². The fraction of sp³-hybridized carbons (Fsp3) is 0.607. The van der Waals surface area contributed by atoms with Gasteiger partial charge in [0.1, 0.15) is 17.5 Å². The lowest BCUT2D eigenvalue weighted by molar-refractivity contribution is -0.137. The van der Waals surface area contributed by atoms with Crippen LogP contribution in [0.2, 0.25) is 0 Å². The molecule has 2 aromatic rings. The first-order chi connectivity index (χ1) is 19.6. The first kappa shape index (κ1) is 33.0. The molecule has 2 saturated heterocycles. The molecule has 0 N–H and O–H groups in total. The molecular formula is C28H37F3N4O6S2. The van der Waals surface area contributed by atoms with Crippen LogP contribution in [0, 0.1) is 5.92 Å². The van der Waals surface area contributed by atoms with Crippen LogP contribution in [0.15, 0.2) is 29.4 Å². The number of nitrogens with zero attached hydrogens (tertiary/aromatic N) is 4. The zero-order chi connectivity index (χ0) is 32.1. The lowest BCUT2D eigenvalue weighted by atomic mass is 9.95. The van der Waals surface area contributed by atoms with Gasteiger partial charge in [0.05, 0.1) is 30.5 Å². The van der Waals surface area contributed by atoms with Crippen molar-refractivity contribution in [1.29, 1.82) is 0 Å². The van der Waals surface area contributed by atoms with E-state index in [0.29, 0.717) is 19.6 Å². The molecule has 0 spiro atoms. The van der Waals surface area contributed by atoms with Gasteiger partial charge in [0, 0.05) is 36.6 Å². The maximum atomic E-state index is 13.6. The Morgan fingerprint density at radius 2 is 1.67 bits per heavy atom. The van der Waals surface area contributed by atoms with Crippen molar-refractivity contribution in [3.05, 3.63) is 45.2 Å². The van der Waals surface area contributed by atoms with Crippen molar-refractivity contribution < 1.29 is 40.7 Å². The predicted octanol–water partition coefficient (Wildman–Crippen LogP) is 4.50. The van der Waals surface area contributed by atoms with Crippen molar-refractivity contribution in [1.82, 2.24) is 13.8 Å². The van der Waals surface area contributed by atoms with Crippen molar-refractivity contribution in [2.24, 2.45) is 10.9 Å². The molecule has 43 heavy (non-hydrogen) atoms. The van der Waals surface area contributed by atoms with Crippen LogP contribution < -0.4 is 9.54 Å². The lowest BCUT2D eigenvalue weighted by Gasteiger charge is -2.39. The van der Waals surface area contributed by atoms with Gasteiger partial charge in [0.15, 0.2) is 4.80 Å². The monoisotopic (exact) mass is 646 g/mol. The van der Waals surface area contributed by atoms with E-state index in [2.05, 4.69) is 4.99 Å². The topological polar surface area (TPSA) is 111 Å². The fourth-order valence-corrected chi connectivity index (χ4v) is 6.44. The van der Waals surface area contributed by atoms with Crippen molar-refractivity contribution in [2.75, 3.05) is 32.4 Å². The zero-order valence-corrected chi connectivity index (χ0v) is 26.8. The third-order valence-electron chi connectivity index (χ3n) is 6.83. The van der Waals surface area contributed by atoms with Gasteiger partial charge in [-0.25, -0.2) is 17.5 Å². The van der Waals surface area contributed by atoms with E-state index in [0.717, 1.165) is 29.3 Å². The quantitative estimate of drug-likeness (QED) is 0.458.